The molecule has 0 N–H and O–H groups in total. The summed E-state index contributed by atoms with van der Waals surface area (Å²) in [6.45, 7) is 3.35. The maximum absolute atomic E-state index is 12.5. The van der Waals surface area contributed by atoms with Crippen molar-refractivity contribution in [3.05, 3.63) is 23.8 Å². The molecule has 1 aliphatic rings. The van der Waals surface area contributed by atoms with Crippen LogP contribution in [0.2, 0.25) is 0 Å². The van der Waals surface area contributed by atoms with Gasteiger partial charge in [-0.3, -0.25) is 9.59 Å². The first kappa shape index (κ1) is 19.1. The second-order valence-corrected chi connectivity index (χ2v) is 6.12. The number of nitrogens with zero attached hydrogens (tertiary/aromatic N) is 1. The third-order valence-electron chi connectivity index (χ3n) is 4.47. The van der Waals surface area contributed by atoms with Gasteiger partial charge in [-0.25, -0.2) is 0 Å². The smallest absolute Gasteiger partial charge is 0.310 e. The van der Waals surface area contributed by atoms with E-state index in [-0.39, 0.29) is 17.8 Å². The molecule has 0 saturated carbocycles. The highest BCUT2D eigenvalue weighted by Gasteiger charge is 2.29. The summed E-state index contributed by atoms with van der Waals surface area (Å²) < 4.78 is 15.6. The Balaban J connectivity index is 1.90. The molecule has 1 aliphatic heterocycles. The van der Waals surface area contributed by atoms with Crippen molar-refractivity contribution < 1.29 is 23.8 Å². The van der Waals surface area contributed by atoms with Crippen molar-refractivity contribution in [3.63, 3.8) is 0 Å². The van der Waals surface area contributed by atoms with Crippen LogP contribution < -0.4 is 9.47 Å². The number of hydrogen-bond acceptors (Lipinski definition) is 5. The van der Waals surface area contributed by atoms with Crippen molar-refractivity contribution in [1.29, 1.82) is 0 Å². The first-order chi connectivity index (χ1) is 12.1. The third-order valence-corrected chi connectivity index (χ3v) is 4.47. The number of amides is 1. The van der Waals surface area contributed by atoms with Gasteiger partial charge in [0.15, 0.2) is 11.5 Å². The van der Waals surface area contributed by atoms with E-state index in [1.165, 1.54) is 0 Å². The van der Waals surface area contributed by atoms with Gasteiger partial charge in [-0.2, -0.15) is 0 Å². The molecule has 1 amide bonds. The van der Waals surface area contributed by atoms with Crippen LogP contribution in [-0.2, 0) is 20.7 Å². The van der Waals surface area contributed by atoms with Gasteiger partial charge in [0, 0.05) is 19.5 Å². The molecule has 6 heteroatoms. The highest BCUT2D eigenvalue weighted by Crippen LogP contribution is 2.28. The third kappa shape index (κ3) is 5.11. The van der Waals surface area contributed by atoms with E-state index in [0.717, 1.165) is 18.4 Å². The van der Waals surface area contributed by atoms with Gasteiger partial charge in [0.25, 0.3) is 0 Å². The minimum absolute atomic E-state index is 0.0729. The van der Waals surface area contributed by atoms with Gasteiger partial charge < -0.3 is 19.1 Å². The van der Waals surface area contributed by atoms with Crippen LogP contribution in [0.4, 0.5) is 0 Å². The summed E-state index contributed by atoms with van der Waals surface area (Å²) in [5.41, 5.74) is 1.02. The molecule has 138 valence electrons. The molecule has 0 aromatic heterocycles. The minimum atomic E-state index is -0.196. The maximum atomic E-state index is 12.5. The number of carbonyl (C=O) groups excluding carboxylic acids is 2. The molecule has 1 heterocycles. The van der Waals surface area contributed by atoms with Crippen molar-refractivity contribution in [3.8, 4) is 11.5 Å². The summed E-state index contributed by atoms with van der Waals surface area (Å²) in [6.07, 6.45) is 2.66. The Bertz CT molecular complexity index is 601. The largest absolute Gasteiger partial charge is 0.493 e. The summed E-state index contributed by atoms with van der Waals surface area (Å²) in [4.78, 5) is 26.2. The topological polar surface area (TPSA) is 65.1 Å². The van der Waals surface area contributed by atoms with Crippen LogP contribution >= 0.6 is 0 Å². The van der Waals surface area contributed by atoms with Gasteiger partial charge in [0.2, 0.25) is 5.91 Å². The molecule has 1 atom stereocenters. The maximum Gasteiger partial charge on any atom is 0.310 e. The van der Waals surface area contributed by atoms with Crippen LogP contribution in [0, 0.1) is 5.92 Å². The van der Waals surface area contributed by atoms with Crippen LogP contribution in [-0.4, -0.2) is 50.7 Å². The molecule has 1 aromatic rings. The van der Waals surface area contributed by atoms with E-state index in [9.17, 15) is 9.59 Å². The lowest BCUT2D eigenvalue weighted by atomic mass is 9.97. The summed E-state index contributed by atoms with van der Waals surface area (Å²) in [5, 5.41) is 0. The van der Waals surface area contributed by atoms with Crippen molar-refractivity contribution in [2.45, 2.75) is 32.6 Å². The summed E-state index contributed by atoms with van der Waals surface area (Å²) >= 11 is 0. The number of ether oxygens (including phenoxy) is 3. The molecule has 1 saturated heterocycles. The SMILES string of the molecule is CCOC(=O)C1CCCN(C(=O)CCc2ccc(OC)c(OC)c2)C1. The van der Waals surface area contributed by atoms with Crippen molar-refractivity contribution in [2.75, 3.05) is 33.9 Å². The lowest BCUT2D eigenvalue weighted by Gasteiger charge is -2.31. The van der Waals surface area contributed by atoms with Crippen molar-refractivity contribution in [2.24, 2.45) is 5.92 Å². The van der Waals surface area contributed by atoms with Crippen LogP contribution in [0.3, 0.4) is 0 Å². The molecule has 0 aliphatic carbocycles. The number of likely N-dealkylation sites (tertiary alicyclic amines) is 1. The zero-order chi connectivity index (χ0) is 18.2. The number of aryl methyl sites for hydroxylation is 1. The molecule has 2 rings (SSSR count). The van der Waals surface area contributed by atoms with E-state index in [4.69, 9.17) is 14.2 Å². The first-order valence-corrected chi connectivity index (χ1v) is 8.74. The number of piperidine rings is 1. The minimum Gasteiger partial charge on any atom is -0.493 e. The highest BCUT2D eigenvalue weighted by atomic mass is 16.5. The fraction of sp³-hybridized carbons (Fsp3) is 0.579. The Morgan fingerprint density at radius 2 is 1.96 bits per heavy atom. The van der Waals surface area contributed by atoms with E-state index >= 15 is 0 Å². The van der Waals surface area contributed by atoms with Gasteiger partial charge in [0.05, 0.1) is 26.7 Å². The van der Waals surface area contributed by atoms with Gasteiger partial charge in [-0.1, -0.05) is 6.07 Å². The molecule has 1 fully saturated rings. The van der Waals surface area contributed by atoms with E-state index in [0.29, 0.717) is 44.0 Å². The molecule has 1 aromatic carbocycles. The molecular weight excluding hydrogens is 322 g/mol. The average Bonchev–Trinajstić information content (AvgIpc) is 2.66. The summed E-state index contributed by atoms with van der Waals surface area (Å²) in [6, 6.07) is 5.67. The van der Waals surface area contributed by atoms with Crippen molar-refractivity contribution in [1.82, 2.24) is 4.90 Å². The van der Waals surface area contributed by atoms with Crippen LogP contribution in [0.5, 0.6) is 11.5 Å². The lowest BCUT2D eigenvalue weighted by Crippen LogP contribution is -2.42. The Morgan fingerprint density at radius 1 is 1.20 bits per heavy atom. The first-order valence-electron chi connectivity index (χ1n) is 8.74. The summed E-state index contributed by atoms with van der Waals surface area (Å²) in [7, 11) is 3.19. The molecular formula is C19H27NO5. The highest BCUT2D eigenvalue weighted by molar-refractivity contribution is 5.78. The Hall–Kier alpha value is -2.24. The number of benzene rings is 1. The van der Waals surface area contributed by atoms with E-state index in [1.54, 1.807) is 26.0 Å². The van der Waals surface area contributed by atoms with Gasteiger partial charge in [-0.05, 0) is 43.9 Å². The fourth-order valence-corrected chi connectivity index (χ4v) is 3.10. The van der Waals surface area contributed by atoms with Crippen LogP contribution in [0.1, 0.15) is 31.7 Å². The van der Waals surface area contributed by atoms with Crippen LogP contribution in [0.25, 0.3) is 0 Å². The number of rotatable bonds is 7. The Kier molecular flexibility index (Phi) is 7.10. The molecule has 25 heavy (non-hydrogen) atoms. The quantitative estimate of drug-likeness (QED) is 0.708. The van der Waals surface area contributed by atoms with Gasteiger partial charge in [-0.15, -0.1) is 0 Å². The molecule has 6 nitrogen and oxygen atoms in total. The number of methoxy groups -OCH3 is 2. The van der Waals surface area contributed by atoms with Gasteiger partial charge in [0.1, 0.15) is 0 Å². The monoisotopic (exact) mass is 349 g/mol. The number of hydrogen-bond donors (Lipinski definition) is 0. The van der Waals surface area contributed by atoms with Gasteiger partial charge >= 0.3 is 5.97 Å². The van der Waals surface area contributed by atoms with E-state index in [1.807, 2.05) is 18.2 Å². The zero-order valence-electron chi connectivity index (χ0n) is 15.2. The van der Waals surface area contributed by atoms with Crippen LogP contribution in [0.15, 0.2) is 18.2 Å². The molecule has 1 unspecified atom stereocenters. The lowest BCUT2D eigenvalue weighted by molar-refractivity contribution is -0.151. The predicted molar refractivity (Wildman–Crippen MR) is 93.8 cm³/mol. The second kappa shape index (κ2) is 9.30. The predicted octanol–water partition coefficient (Wildman–Crippen LogP) is 2.44. The zero-order valence-corrected chi connectivity index (χ0v) is 15.2. The Labute approximate surface area is 149 Å². The number of esters is 1. The standard InChI is InChI=1S/C19H27NO5/c1-4-25-19(22)15-6-5-11-20(13-15)18(21)10-8-14-7-9-16(23-2)17(12-14)24-3/h7,9,12,15H,4-6,8,10-11,13H2,1-3H3. The molecule has 0 spiro atoms. The van der Waals surface area contributed by atoms with Crippen molar-refractivity contribution >= 4 is 11.9 Å². The molecule has 0 bridgehead atoms. The second-order valence-electron chi connectivity index (χ2n) is 6.12. The normalized spacial score (nSPS) is 17.1. The molecule has 0 radical (unpaired) electrons. The fourth-order valence-electron chi connectivity index (χ4n) is 3.10. The van der Waals surface area contributed by atoms with E-state index < -0.39 is 0 Å². The summed E-state index contributed by atoms with van der Waals surface area (Å²) in [5.74, 6) is 1.01. The van der Waals surface area contributed by atoms with E-state index in [2.05, 4.69) is 0 Å². The number of carbonyl (C=O) groups is 2. The Morgan fingerprint density at radius 3 is 2.64 bits per heavy atom. The average molecular weight is 349 g/mol.